The van der Waals surface area contributed by atoms with E-state index in [2.05, 4.69) is 20.8 Å². The molecule has 0 aliphatic carbocycles. The van der Waals surface area contributed by atoms with Crippen molar-refractivity contribution in [3.63, 3.8) is 0 Å². The molecule has 0 spiro atoms. The lowest BCUT2D eigenvalue weighted by molar-refractivity contribution is -0.140. The maximum absolute atomic E-state index is 13.2. The second kappa shape index (κ2) is 11.4. The number of rotatable bonds is 8. The van der Waals surface area contributed by atoms with E-state index >= 15 is 0 Å². The van der Waals surface area contributed by atoms with Gasteiger partial charge in [0.05, 0.1) is 29.7 Å². The lowest BCUT2D eigenvalue weighted by atomic mass is 9.95. The average Bonchev–Trinajstić information content (AvgIpc) is 3.14. The number of ether oxygens (including phenoxy) is 1. The number of sulfonamides is 1. The largest absolute Gasteiger partial charge is 0.507 e. The van der Waals surface area contributed by atoms with Crippen molar-refractivity contribution in [2.75, 3.05) is 53.5 Å². The van der Waals surface area contributed by atoms with Crippen molar-refractivity contribution in [2.24, 2.45) is 0 Å². The van der Waals surface area contributed by atoms with Gasteiger partial charge in [-0.15, -0.1) is 0 Å². The Kier molecular flexibility index (Phi) is 8.49. The zero-order valence-corrected chi connectivity index (χ0v) is 23.2. The third kappa shape index (κ3) is 5.80. The number of benzene rings is 2. The summed E-state index contributed by atoms with van der Waals surface area (Å²) in [4.78, 5) is 30.2. The quantitative estimate of drug-likeness (QED) is 0.286. The first-order chi connectivity index (χ1) is 17.6. The fourth-order valence-corrected chi connectivity index (χ4v) is 5.71. The van der Waals surface area contributed by atoms with Crippen LogP contribution in [0.5, 0.6) is 0 Å². The van der Waals surface area contributed by atoms with Gasteiger partial charge in [-0.1, -0.05) is 28.1 Å². The number of halogens is 1. The van der Waals surface area contributed by atoms with Gasteiger partial charge in [0.25, 0.3) is 11.7 Å². The van der Waals surface area contributed by atoms with Gasteiger partial charge in [-0.25, -0.2) is 12.7 Å². The Labute approximate surface area is 225 Å². The highest BCUT2D eigenvalue weighted by Gasteiger charge is 2.45. The Morgan fingerprint density at radius 3 is 2.24 bits per heavy atom. The Balaban J connectivity index is 1.68. The van der Waals surface area contributed by atoms with Crippen LogP contribution in [0.4, 0.5) is 0 Å². The van der Waals surface area contributed by atoms with E-state index < -0.39 is 27.8 Å². The zero-order valence-electron chi connectivity index (χ0n) is 20.8. The van der Waals surface area contributed by atoms with Crippen LogP contribution in [0.2, 0.25) is 0 Å². The number of aliphatic hydroxyl groups is 1. The minimum absolute atomic E-state index is 0.0121. The molecule has 1 unspecified atom stereocenters. The number of carbonyl (C=O) groups excluding carboxylic acids is 2. The molecule has 2 heterocycles. The molecule has 37 heavy (non-hydrogen) atoms. The summed E-state index contributed by atoms with van der Waals surface area (Å²) in [5, 5.41) is 11.2. The Morgan fingerprint density at radius 2 is 1.65 bits per heavy atom. The Morgan fingerprint density at radius 1 is 1.03 bits per heavy atom. The van der Waals surface area contributed by atoms with E-state index in [1.165, 1.54) is 43.3 Å². The standard InChI is InChI=1S/C26H30BrN3O6S/c1-28(2)37(34,35)21-10-6-19(7-11-21)24(31)22-23(18-4-8-20(27)9-5-18)30(26(33)25(22)32)13-3-12-29-14-16-36-17-15-29/h4-11,23,31H,3,12-17H2,1-2H3. The van der Waals surface area contributed by atoms with Crippen LogP contribution in [0.25, 0.3) is 5.76 Å². The molecule has 4 rings (SSSR count). The second-order valence-electron chi connectivity index (χ2n) is 9.16. The molecule has 2 saturated heterocycles. The molecule has 11 heteroatoms. The van der Waals surface area contributed by atoms with E-state index in [0.717, 1.165) is 28.4 Å². The van der Waals surface area contributed by atoms with Crippen molar-refractivity contribution in [2.45, 2.75) is 17.4 Å². The number of ketones is 1. The predicted molar refractivity (Wildman–Crippen MR) is 142 cm³/mol. The first-order valence-corrected chi connectivity index (χ1v) is 14.2. The van der Waals surface area contributed by atoms with E-state index in [0.29, 0.717) is 31.7 Å². The summed E-state index contributed by atoms with van der Waals surface area (Å²) < 4.78 is 32.2. The van der Waals surface area contributed by atoms with E-state index in [9.17, 15) is 23.1 Å². The molecule has 0 aromatic heterocycles. The number of hydrogen-bond donors (Lipinski definition) is 1. The molecule has 0 bridgehead atoms. The molecule has 1 N–H and O–H groups in total. The van der Waals surface area contributed by atoms with E-state index in [1.807, 2.05) is 24.3 Å². The lowest BCUT2D eigenvalue weighted by Crippen LogP contribution is -2.38. The monoisotopic (exact) mass is 591 g/mol. The van der Waals surface area contributed by atoms with Gasteiger partial charge in [-0.2, -0.15) is 0 Å². The number of likely N-dealkylation sites (tertiary alicyclic amines) is 1. The fourth-order valence-electron chi connectivity index (χ4n) is 4.54. The first kappa shape index (κ1) is 27.5. The van der Waals surface area contributed by atoms with Crippen LogP contribution in [0, 0.1) is 0 Å². The maximum atomic E-state index is 13.2. The van der Waals surface area contributed by atoms with Gasteiger partial charge in [0.1, 0.15) is 5.76 Å². The number of Topliss-reactive ketones (excluding diaryl/α,β-unsaturated/α-hetero) is 1. The van der Waals surface area contributed by atoms with Gasteiger partial charge in [0.2, 0.25) is 10.0 Å². The molecular formula is C26H30BrN3O6S. The molecule has 1 amide bonds. The molecule has 2 aliphatic heterocycles. The Bertz CT molecular complexity index is 1290. The summed E-state index contributed by atoms with van der Waals surface area (Å²) in [5.41, 5.74) is 0.940. The van der Waals surface area contributed by atoms with Crippen molar-refractivity contribution < 1.29 is 27.9 Å². The highest BCUT2D eigenvalue weighted by atomic mass is 79.9. The van der Waals surface area contributed by atoms with Crippen LogP contribution in [0.3, 0.4) is 0 Å². The lowest BCUT2D eigenvalue weighted by Gasteiger charge is -2.29. The SMILES string of the molecule is CN(C)S(=O)(=O)c1ccc(C(O)=C2C(=O)C(=O)N(CCCN3CCOCC3)C2c2ccc(Br)cc2)cc1. The summed E-state index contributed by atoms with van der Waals surface area (Å²) in [6.07, 6.45) is 0.664. The number of carbonyl (C=O) groups is 2. The molecule has 2 aromatic carbocycles. The number of amides is 1. The topological polar surface area (TPSA) is 107 Å². The smallest absolute Gasteiger partial charge is 0.295 e. The van der Waals surface area contributed by atoms with Crippen LogP contribution in [-0.4, -0.2) is 92.8 Å². The zero-order chi connectivity index (χ0) is 26.7. The van der Waals surface area contributed by atoms with Crippen LogP contribution < -0.4 is 0 Å². The molecule has 198 valence electrons. The minimum atomic E-state index is -3.65. The summed E-state index contributed by atoms with van der Waals surface area (Å²) in [6.45, 7) is 4.12. The van der Waals surface area contributed by atoms with Crippen LogP contribution >= 0.6 is 15.9 Å². The predicted octanol–water partition coefficient (Wildman–Crippen LogP) is 2.84. The molecule has 2 fully saturated rings. The third-order valence-electron chi connectivity index (χ3n) is 6.61. The number of nitrogens with zero attached hydrogens (tertiary/aromatic N) is 3. The van der Waals surface area contributed by atoms with Crippen molar-refractivity contribution in [1.82, 2.24) is 14.1 Å². The van der Waals surface area contributed by atoms with Crippen molar-refractivity contribution in [3.05, 3.63) is 69.7 Å². The van der Waals surface area contributed by atoms with E-state index in [4.69, 9.17) is 4.74 Å². The third-order valence-corrected chi connectivity index (χ3v) is 8.97. The summed E-state index contributed by atoms with van der Waals surface area (Å²) in [5.74, 6) is -1.76. The normalized spacial score (nSPS) is 20.6. The van der Waals surface area contributed by atoms with Crippen LogP contribution in [0.1, 0.15) is 23.6 Å². The fraction of sp³-hybridized carbons (Fsp3) is 0.385. The average molecular weight is 593 g/mol. The second-order valence-corrected chi connectivity index (χ2v) is 12.2. The van der Waals surface area contributed by atoms with Gasteiger partial charge >= 0.3 is 0 Å². The van der Waals surface area contributed by atoms with Gasteiger partial charge in [-0.3, -0.25) is 14.5 Å². The molecule has 9 nitrogen and oxygen atoms in total. The molecule has 2 aromatic rings. The van der Waals surface area contributed by atoms with Crippen molar-refractivity contribution in [1.29, 1.82) is 0 Å². The molecular weight excluding hydrogens is 562 g/mol. The number of aliphatic hydroxyl groups excluding tert-OH is 1. The van der Waals surface area contributed by atoms with Gasteiger partial charge < -0.3 is 14.7 Å². The summed E-state index contributed by atoms with van der Waals surface area (Å²) in [7, 11) is -0.789. The van der Waals surface area contributed by atoms with Crippen LogP contribution in [-0.2, 0) is 24.3 Å². The first-order valence-electron chi connectivity index (χ1n) is 12.0. The van der Waals surface area contributed by atoms with Crippen molar-refractivity contribution in [3.8, 4) is 0 Å². The van der Waals surface area contributed by atoms with Gasteiger partial charge in [0, 0.05) is 50.3 Å². The highest BCUT2D eigenvalue weighted by molar-refractivity contribution is 9.10. The summed E-state index contributed by atoms with van der Waals surface area (Å²) in [6, 6.07) is 12.1. The van der Waals surface area contributed by atoms with Gasteiger partial charge in [-0.05, 0) is 48.4 Å². The molecule has 1 atom stereocenters. The molecule has 2 aliphatic rings. The van der Waals surface area contributed by atoms with Crippen molar-refractivity contribution >= 4 is 43.4 Å². The maximum Gasteiger partial charge on any atom is 0.295 e. The Hall–Kier alpha value is -2.57. The molecule has 0 saturated carbocycles. The van der Waals surface area contributed by atoms with E-state index in [1.54, 1.807) is 0 Å². The summed E-state index contributed by atoms with van der Waals surface area (Å²) >= 11 is 3.42. The van der Waals surface area contributed by atoms with Crippen LogP contribution in [0.15, 0.2) is 63.5 Å². The molecule has 0 radical (unpaired) electrons. The minimum Gasteiger partial charge on any atom is -0.507 e. The number of hydrogen-bond acceptors (Lipinski definition) is 7. The highest BCUT2D eigenvalue weighted by Crippen LogP contribution is 2.40. The number of morpholine rings is 1. The van der Waals surface area contributed by atoms with Gasteiger partial charge in [0.15, 0.2) is 0 Å². The van der Waals surface area contributed by atoms with E-state index in [-0.39, 0.29) is 21.8 Å².